The van der Waals surface area contributed by atoms with E-state index in [-0.39, 0.29) is 0 Å². The molecule has 0 radical (unpaired) electrons. The van der Waals surface area contributed by atoms with Crippen LogP contribution in [-0.4, -0.2) is 37.2 Å². The fourth-order valence-corrected chi connectivity index (χ4v) is 2.15. The van der Waals surface area contributed by atoms with Crippen molar-refractivity contribution < 1.29 is 4.74 Å². The van der Waals surface area contributed by atoms with Gasteiger partial charge in [-0.05, 0) is 46.2 Å². The number of ether oxygens (including phenoxy) is 1. The molecule has 0 aliphatic heterocycles. The van der Waals surface area contributed by atoms with Gasteiger partial charge in [-0.15, -0.1) is 0 Å². The third kappa shape index (κ3) is 3.28. The Bertz CT molecular complexity index is 130. The topological polar surface area (TPSA) is 12.5 Å². The molecule has 0 atom stereocenters. The van der Waals surface area contributed by atoms with Crippen LogP contribution in [0, 0.1) is 0 Å². The average molecular weight is 185 g/mol. The standard InChI is InChI=1S/C11H23NO/c1-4-12(3)10-6-8-11(9-7-10)13-5-2/h10-11H,4-9H2,1-3H3. The summed E-state index contributed by atoms with van der Waals surface area (Å²) in [5, 5.41) is 0. The first-order valence-corrected chi connectivity index (χ1v) is 5.59. The Balaban J connectivity index is 2.22. The van der Waals surface area contributed by atoms with Crippen LogP contribution >= 0.6 is 0 Å². The van der Waals surface area contributed by atoms with E-state index in [9.17, 15) is 0 Å². The van der Waals surface area contributed by atoms with Gasteiger partial charge in [0.2, 0.25) is 0 Å². The highest BCUT2D eigenvalue weighted by Gasteiger charge is 2.22. The van der Waals surface area contributed by atoms with Crippen molar-refractivity contribution >= 4 is 0 Å². The molecule has 0 N–H and O–H groups in total. The third-order valence-corrected chi connectivity index (χ3v) is 3.17. The van der Waals surface area contributed by atoms with Crippen LogP contribution in [0.4, 0.5) is 0 Å². The van der Waals surface area contributed by atoms with E-state index < -0.39 is 0 Å². The van der Waals surface area contributed by atoms with Crippen LogP contribution in [-0.2, 0) is 4.74 Å². The summed E-state index contributed by atoms with van der Waals surface area (Å²) >= 11 is 0. The molecule has 0 bridgehead atoms. The molecule has 2 heteroatoms. The first-order chi connectivity index (χ1) is 6.27. The first kappa shape index (κ1) is 11.0. The minimum absolute atomic E-state index is 0.548. The Labute approximate surface area is 82.3 Å². The highest BCUT2D eigenvalue weighted by molar-refractivity contribution is 4.77. The van der Waals surface area contributed by atoms with Crippen LogP contribution in [0.15, 0.2) is 0 Å². The molecule has 0 amide bonds. The molecule has 2 nitrogen and oxygen atoms in total. The van der Waals surface area contributed by atoms with Gasteiger partial charge in [0, 0.05) is 12.6 Å². The van der Waals surface area contributed by atoms with Gasteiger partial charge in [-0.3, -0.25) is 0 Å². The summed E-state index contributed by atoms with van der Waals surface area (Å²) in [6.07, 6.45) is 5.68. The molecule has 0 aromatic rings. The number of hydrogen-bond acceptors (Lipinski definition) is 2. The molecule has 1 aliphatic carbocycles. The SMILES string of the molecule is CCOC1CCC(N(C)CC)CC1. The molecule has 1 aliphatic rings. The lowest BCUT2D eigenvalue weighted by molar-refractivity contribution is 0.0180. The van der Waals surface area contributed by atoms with E-state index >= 15 is 0 Å². The Morgan fingerprint density at radius 3 is 2.23 bits per heavy atom. The second-order valence-corrected chi connectivity index (χ2v) is 3.96. The normalized spacial score (nSPS) is 29.5. The van der Waals surface area contributed by atoms with Crippen molar-refractivity contribution in [1.82, 2.24) is 4.90 Å². The van der Waals surface area contributed by atoms with E-state index in [1.165, 1.54) is 32.2 Å². The van der Waals surface area contributed by atoms with Crippen molar-refractivity contribution in [3.8, 4) is 0 Å². The van der Waals surface area contributed by atoms with E-state index in [2.05, 4.69) is 25.8 Å². The van der Waals surface area contributed by atoms with Gasteiger partial charge in [0.25, 0.3) is 0 Å². The van der Waals surface area contributed by atoms with Crippen LogP contribution in [0.25, 0.3) is 0 Å². The molecule has 0 heterocycles. The van der Waals surface area contributed by atoms with Crippen LogP contribution in [0.2, 0.25) is 0 Å². The van der Waals surface area contributed by atoms with Crippen molar-refractivity contribution in [3.05, 3.63) is 0 Å². The number of rotatable bonds is 4. The minimum Gasteiger partial charge on any atom is -0.379 e. The summed E-state index contributed by atoms with van der Waals surface area (Å²) in [7, 11) is 2.23. The van der Waals surface area contributed by atoms with Gasteiger partial charge in [-0.1, -0.05) is 6.92 Å². The molecule has 0 aromatic heterocycles. The molecule has 0 unspecified atom stereocenters. The lowest BCUT2D eigenvalue weighted by Crippen LogP contribution is -2.36. The lowest BCUT2D eigenvalue weighted by atomic mass is 9.92. The quantitative estimate of drug-likeness (QED) is 0.666. The van der Waals surface area contributed by atoms with Gasteiger partial charge >= 0.3 is 0 Å². The molecule has 0 aromatic carbocycles. The predicted molar refractivity (Wildman–Crippen MR) is 56.0 cm³/mol. The maximum Gasteiger partial charge on any atom is 0.0576 e. The smallest absolute Gasteiger partial charge is 0.0576 e. The fourth-order valence-electron chi connectivity index (χ4n) is 2.15. The summed E-state index contributed by atoms with van der Waals surface area (Å²) in [6, 6.07) is 0.807. The first-order valence-electron chi connectivity index (χ1n) is 5.59. The largest absolute Gasteiger partial charge is 0.379 e. The summed E-state index contributed by atoms with van der Waals surface area (Å²) in [5.74, 6) is 0. The molecule has 13 heavy (non-hydrogen) atoms. The highest BCUT2D eigenvalue weighted by atomic mass is 16.5. The second-order valence-electron chi connectivity index (χ2n) is 3.96. The molecule has 1 saturated carbocycles. The van der Waals surface area contributed by atoms with Crippen molar-refractivity contribution in [3.63, 3.8) is 0 Å². The monoisotopic (exact) mass is 185 g/mol. The van der Waals surface area contributed by atoms with Crippen molar-refractivity contribution in [2.24, 2.45) is 0 Å². The Kier molecular flexibility index (Phi) is 4.74. The fraction of sp³-hybridized carbons (Fsp3) is 1.00. The van der Waals surface area contributed by atoms with Gasteiger partial charge in [0.1, 0.15) is 0 Å². The molecule has 78 valence electrons. The summed E-state index contributed by atoms with van der Waals surface area (Å²) in [6.45, 7) is 6.36. The zero-order chi connectivity index (χ0) is 9.68. The van der Waals surface area contributed by atoms with Gasteiger partial charge in [-0.25, -0.2) is 0 Å². The Morgan fingerprint density at radius 2 is 1.77 bits per heavy atom. The van der Waals surface area contributed by atoms with Gasteiger partial charge in [0.15, 0.2) is 0 Å². The van der Waals surface area contributed by atoms with E-state index in [1.54, 1.807) is 0 Å². The van der Waals surface area contributed by atoms with Crippen molar-refractivity contribution in [2.45, 2.75) is 51.7 Å². The van der Waals surface area contributed by atoms with Crippen LogP contribution < -0.4 is 0 Å². The molecular weight excluding hydrogens is 162 g/mol. The molecule has 0 spiro atoms. The summed E-state index contributed by atoms with van der Waals surface area (Å²) in [5.41, 5.74) is 0. The van der Waals surface area contributed by atoms with Crippen LogP contribution in [0.3, 0.4) is 0 Å². The lowest BCUT2D eigenvalue weighted by Gasteiger charge is -2.33. The number of hydrogen-bond donors (Lipinski definition) is 0. The molecule has 1 fully saturated rings. The zero-order valence-corrected chi connectivity index (χ0v) is 9.25. The van der Waals surface area contributed by atoms with Gasteiger partial charge in [-0.2, -0.15) is 0 Å². The van der Waals surface area contributed by atoms with E-state index in [0.29, 0.717) is 6.10 Å². The number of nitrogens with zero attached hydrogens (tertiary/aromatic N) is 1. The molecular formula is C11H23NO. The summed E-state index contributed by atoms with van der Waals surface area (Å²) in [4.78, 5) is 2.46. The molecule has 1 rings (SSSR count). The maximum absolute atomic E-state index is 5.63. The van der Waals surface area contributed by atoms with Gasteiger partial charge in [0.05, 0.1) is 6.10 Å². The highest BCUT2D eigenvalue weighted by Crippen LogP contribution is 2.24. The van der Waals surface area contributed by atoms with Gasteiger partial charge < -0.3 is 9.64 Å². The second kappa shape index (κ2) is 5.61. The van der Waals surface area contributed by atoms with Crippen molar-refractivity contribution in [1.29, 1.82) is 0 Å². The van der Waals surface area contributed by atoms with Crippen LogP contribution in [0.1, 0.15) is 39.5 Å². The average Bonchev–Trinajstić information content (AvgIpc) is 2.18. The Hall–Kier alpha value is -0.0800. The van der Waals surface area contributed by atoms with E-state index in [4.69, 9.17) is 4.74 Å². The minimum atomic E-state index is 0.548. The Morgan fingerprint density at radius 1 is 1.15 bits per heavy atom. The summed E-state index contributed by atoms with van der Waals surface area (Å²) < 4.78 is 5.63. The molecule has 0 saturated heterocycles. The van der Waals surface area contributed by atoms with Crippen molar-refractivity contribution in [2.75, 3.05) is 20.2 Å². The zero-order valence-electron chi connectivity index (χ0n) is 9.25. The third-order valence-electron chi connectivity index (χ3n) is 3.17. The van der Waals surface area contributed by atoms with Crippen LogP contribution in [0.5, 0.6) is 0 Å². The maximum atomic E-state index is 5.63. The van der Waals surface area contributed by atoms with E-state index in [1.807, 2.05) is 0 Å². The predicted octanol–water partition coefficient (Wildman–Crippen LogP) is 2.29. The van der Waals surface area contributed by atoms with E-state index in [0.717, 1.165) is 12.6 Å².